The first kappa shape index (κ1) is 12.3. The van der Waals surface area contributed by atoms with Crippen LogP contribution in [-0.2, 0) is 11.2 Å². The van der Waals surface area contributed by atoms with Gasteiger partial charge in [0.25, 0.3) is 5.69 Å². The molecule has 1 aromatic heterocycles. The minimum atomic E-state index is -0.503. The first-order valence-electron chi connectivity index (χ1n) is 5.11. The predicted molar refractivity (Wildman–Crippen MR) is 66.8 cm³/mol. The van der Waals surface area contributed by atoms with Crippen LogP contribution in [0, 0.1) is 10.1 Å². The summed E-state index contributed by atoms with van der Waals surface area (Å²) in [6.45, 7) is 0. The molecule has 0 saturated carbocycles. The molecule has 0 fully saturated rings. The van der Waals surface area contributed by atoms with E-state index in [9.17, 15) is 14.9 Å². The van der Waals surface area contributed by atoms with E-state index in [1.807, 2.05) is 16.8 Å². The molecule has 1 heterocycles. The Morgan fingerprint density at radius 1 is 1.28 bits per heavy atom. The van der Waals surface area contributed by atoms with Crippen molar-refractivity contribution in [1.29, 1.82) is 0 Å². The number of nitro groups is 1. The number of hydrogen-bond donors (Lipinski definition) is 0. The highest BCUT2D eigenvalue weighted by atomic mass is 32.1. The van der Waals surface area contributed by atoms with Crippen LogP contribution in [0.4, 0.5) is 5.69 Å². The average molecular weight is 263 g/mol. The predicted octanol–water partition coefficient (Wildman–Crippen LogP) is 2.80. The summed E-state index contributed by atoms with van der Waals surface area (Å²) < 4.78 is 5.07. The normalized spacial score (nSPS) is 10.0. The number of rotatable bonds is 4. The number of ether oxygens (including phenoxy) is 1. The van der Waals surface area contributed by atoms with Gasteiger partial charge in [-0.05, 0) is 34.5 Å². The lowest BCUT2D eigenvalue weighted by Gasteiger charge is -2.02. The molecule has 1 aromatic carbocycles. The highest BCUT2D eigenvalue weighted by Gasteiger charge is 2.09. The van der Waals surface area contributed by atoms with Gasteiger partial charge >= 0.3 is 5.97 Å². The Morgan fingerprint density at radius 3 is 2.56 bits per heavy atom. The van der Waals surface area contributed by atoms with E-state index in [2.05, 4.69) is 0 Å². The molecule has 2 rings (SSSR count). The van der Waals surface area contributed by atoms with Crippen molar-refractivity contribution in [3.05, 3.63) is 56.8 Å². The van der Waals surface area contributed by atoms with E-state index < -0.39 is 4.92 Å². The fourth-order valence-electron chi connectivity index (χ4n) is 1.36. The smallest absolute Gasteiger partial charge is 0.315 e. The van der Waals surface area contributed by atoms with Gasteiger partial charge in [0.05, 0.1) is 11.3 Å². The summed E-state index contributed by atoms with van der Waals surface area (Å²) in [5, 5.41) is 14.2. The molecule has 0 bridgehead atoms. The molecular weight excluding hydrogens is 254 g/mol. The third-order valence-corrected chi connectivity index (χ3v) is 2.94. The molecule has 0 aliphatic carbocycles. The number of carbonyl (C=O) groups excluding carboxylic acids is 1. The van der Waals surface area contributed by atoms with E-state index in [1.54, 1.807) is 0 Å². The lowest BCUT2D eigenvalue weighted by Crippen LogP contribution is -2.10. The summed E-state index contributed by atoms with van der Waals surface area (Å²) in [4.78, 5) is 21.5. The monoisotopic (exact) mass is 263 g/mol. The van der Waals surface area contributed by atoms with E-state index in [-0.39, 0.29) is 18.1 Å². The summed E-state index contributed by atoms with van der Waals surface area (Å²) in [5.41, 5.74) is 0.861. The molecule has 0 saturated heterocycles. The zero-order valence-electron chi connectivity index (χ0n) is 9.24. The van der Waals surface area contributed by atoms with Gasteiger partial charge in [0, 0.05) is 12.1 Å². The van der Waals surface area contributed by atoms with Gasteiger partial charge in [-0.3, -0.25) is 14.9 Å². The Bertz CT molecular complexity index is 548. The Hall–Kier alpha value is -2.21. The molecule has 92 valence electrons. The SMILES string of the molecule is O=C(Cc1ccsc1)Oc1ccc([N+](=O)[O-])cc1. The Balaban J connectivity index is 1.97. The van der Waals surface area contributed by atoms with Crippen molar-refractivity contribution in [2.24, 2.45) is 0 Å². The van der Waals surface area contributed by atoms with Crippen LogP contribution in [0.15, 0.2) is 41.1 Å². The summed E-state index contributed by atoms with van der Waals surface area (Å²) >= 11 is 1.51. The van der Waals surface area contributed by atoms with Crippen molar-refractivity contribution in [3.8, 4) is 5.75 Å². The lowest BCUT2D eigenvalue weighted by molar-refractivity contribution is -0.384. The molecule has 0 N–H and O–H groups in total. The van der Waals surface area contributed by atoms with Crippen LogP contribution in [0.3, 0.4) is 0 Å². The van der Waals surface area contributed by atoms with Crippen molar-refractivity contribution in [2.75, 3.05) is 0 Å². The Morgan fingerprint density at radius 2 is 2.00 bits per heavy atom. The highest BCUT2D eigenvalue weighted by Crippen LogP contribution is 2.18. The van der Waals surface area contributed by atoms with Gasteiger partial charge in [-0.1, -0.05) is 0 Å². The third kappa shape index (κ3) is 3.14. The second kappa shape index (κ2) is 5.42. The molecule has 0 radical (unpaired) electrons. The number of esters is 1. The van der Waals surface area contributed by atoms with Gasteiger partial charge in [0.15, 0.2) is 0 Å². The van der Waals surface area contributed by atoms with Gasteiger partial charge in [0.2, 0.25) is 0 Å². The number of thiophene rings is 1. The lowest BCUT2D eigenvalue weighted by atomic mass is 10.2. The average Bonchev–Trinajstić information content (AvgIpc) is 2.82. The van der Waals surface area contributed by atoms with E-state index in [1.165, 1.54) is 35.6 Å². The second-order valence-electron chi connectivity index (χ2n) is 3.53. The number of hydrogen-bond acceptors (Lipinski definition) is 5. The number of nitrogens with zero attached hydrogens (tertiary/aromatic N) is 1. The Kier molecular flexibility index (Phi) is 3.69. The molecule has 0 amide bonds. The minimum Gasteiger partial charge on any atom is -0.426 e. The third-order valence-electron chi connectivity index (χ3n) is 2.21. The van der Waals surface area contributed by atoms with E-state index in [4.69, 9.17) is 4.74 Å². The number of nitro benzene ring substituents is 1. The largest absolute Gasteiger partial charge is 0.426 e. The molecule has 6 heteroatoms. The maximum atomic E-state index is 11.5. The standard InChI is InChI=1S/C12H9NO4S/c14-12(7-9-5-6-18-8-9)17-11-3-1-10(2-4-11)13(15)16/h1-6,8H,7H2. The van der Waals surface area contributed by atoms with Crippen LogP contribution in [0.5, 0.6) is 5.75 Å². The number of carbonyl (C=O) groups is 1. The van der Waals surface area contributed by atoms with Crippen LogP contribution in [0.1, 0.15) is 5.56 Å². The quantitative estimate of drug-likeness (QED) is 0.368. The van der Waals surface area contributed by atoms with Crippen molar-refractivity contribution >= 4 is 23.0 Å². The molecular formula is C12H9NO4S. The fraction of sp³-hybridized carbons (Fsp3) is 0.0833. The van der Waals surface area contributed by atoms with Crippen LogP contribution in [0.25, 0.3) is 0 Å². The summed E-state index contributed by atoms with van der Waals surface area (Å²) in [6.07, 6.45) is 0.195. The van der Waals surface area contributed by atoms with E-state index >= 15 is 0 Å². The fourth-order valence-corrected chi connectivity index (χ4v) is 2.03. The highest BCUT2D eigenvalue weighted by molar-refractivity contribution is 7.07. The molecule has 0 unspecified atom stereocenters. The molecule has 5 nitrogen and oxygen atoms in total. The first-order chi connectivity index (χ1) is 8.65. The summed E-state index contributed by atoms with van der Waals surface area (Å²) in [5.74, 6) is -0.0805. The molecule has 0 atom stereocenters. The summed E-state index contributed by atoms with van der Waals surface area (Å²) in [6, 6.07) is 7.26. The maximum absolute atomic E-state index is 11.5. The van der Waals surface area contributed by atoms with Crippen molar-refractivity contribution in [2.45, 2.75) is 6.42 Å². The van der Waals surface area contributed by atoms with Crippen LogP contribution < -0.4 is 4.74 Å². The Labute approximate surface area is 107 Å². The number of benzene rings is 1. The van der Waals surface area contributed by atoms with Crippen molar-refractivity contribution in [1.82, 2.24) is 0 Å². The van der Waals surface area contributed by atoms with Gasteiger partial charge in [-0.15, -0.1) is 0 Å². The van der Waals surface area contributed by atoms with Gasteiger partial charge in [0.1, 0.15) is 5.75 Å². The van der Waals surface area contributed by atoms with Gasteiger partial charge in [-0.2, -0.15) is 11.3 Å². The topological polar surface area (TPSA) is 69.4 Å². The second-order valence-corrected chi connectivity index (χ2v) is 4.31. The first-order valence-corrected chi connectivity index (χ1v) is 6.05. The van der Waals surface area contributed by atoms with Crippen molar-refractivity contribution in [3.63, 3.8) is 0 Å². The summed E-state index contributed by atoms with van der Waals surface area (Å²) in [7, 11) is 0. The van der Waals surface area contributed by atoms with Crippen LogP contribution >= 0.6 is 11.3 Å². The molecule has 2 aromatic rings. The minimum absolute atomic E-state index is 0.0346. The zero-order chi connectivity index (χ0) is 13.0. The van der Waals surface area contributed by atoms with Crippen molar-refractivity contribution < 1.29 is 14.5 Å². The van der Waals surface area contributed by atoms with Crippen LogP contribution in [-0.4, -0.2) is 10.9 Å². The van der Waals surface area contributed by atoms with Gasteiger partial charge in [-0.25, -0.2) is 0 Å². The maximum Gasteiger partial charge on any atom is 0.315 e. The van der Waals surface area contributed by atoms with E-state index in [0.29, 0.717) is 5.75 Å². The van der Waals surface area contributed by atoms with Crippen LogP contribution in [0.2, 0.25) is 0 Å². The molecule has 0 spiro atoms. The number of non-ortho nitro benzene ring substituents is 1. The zero-order valence-corrected chi connectivity index (χ0v) is 10.1. The molecule has 0 aliphatic rings. The van der Waals surface area contributed by atoms with Gasteiger partial charge < -0.3 is 4.74 Å². The van der Waals surface area contributed by atoms with E-state index in [0.717, 1.165) is 5.56 Å². The molecule has 18 heavy (non-hydrogen) atoms. The molecule has 0 aliphatic heterocycles.